The highest BCUT2D eigenvalue weighted by Gasteiger charge is 2.34. The Hall–Kier alpha value is -4.19. The third-order valence-corrected chi connectivity index (χ3v) is 8.45. The Labute approximate surface area is 249 Å². The number of unbranched alkanes of at least 4 members (excludes halogenated alkanes) is 5. The van der Waals surface area contributed by atoms with Gasteiger partial charge in [0.15, 0.2) is 0 Å². The summed E-state index contributed by atoms with van der Waals surface area (Å²) in [6, 6.07) is 23.9. The second-order valence-electron chi connectivity index (χ2n) is 12.0. The molecule has 42 heavy (non-hydrogen) atoms. The number of nitrogens with zero attached hydrogens (tertiary/aromatic N) is 3. The number of anilines is 3. The van der Waals surface area contributed by atoms with Gasteiger partial charge in [-0.15, -0.1) is 0 Å². The molecule has 2 aliphatic rings. The molecule has 1 amide bonds. The number of hydrazone groups is 1. The zero-order valence-electron chi connectivity index (χ0n) is 24.9. The lowest BCUT2D eigenvalue weighted by atomic mass is 9.77. The molecule has 0 saturated heterocycles. The Bertz CT molecular complexity index is 1490. The summed E-state index contributed by atoms with van der Waals surface area (Å²) in [5.41, 5.74) is 5.68. The lowest BCUT2D eigenvalue weighted by molar-refractivity contribution is -0.294. The number of fused-ring (bicyclic) bond motifs is 1. The zero-order chi connectivity index (χ0) is 29.7. The summed E-state index contributed by atoms with van der Waals surface area (Å²) < 4.78 is 0. The maximum Gasteiger partial charge on any atom is 0.281 e. The molecule has 3 aromatic carbocycles. The van der Waals surface area contributed by atoms with Crippen LogP contribution in [0.3, 0.4) is 0 Å². The van der Waals surface area contributed by atoms with Crippen LogP contribution in [0.4, 0.5) is 17.1 Å². The molecule has 0 aromatic heterocycles. The zero-order valence-corrected chi connectivity index (χ0v) is 24.9. The number of carbonyl (C=O) groups excluding carboxylic acids is 2. The molecule has 218 valence electrons. The van der Waals surface area contributed by atoms with Crippen molar-refractivity contribution < 1.29 is 14.7 Å². The van der Waals surface area contributed by atoms with E-state index in [4.69, 9.17) is 0 Å². The molecule has 0 atom stereocenters. The molecule has 0 radical (unpaired) electrons. The van der Waals surface area contributed by atoms with Crippen LogP contribution in [-0.2, 0) is 21.4 Å². The molecule has 0 bridgehead atoms. The van der Waals surface area contributed by atoms with E-state index in [0.717, 1.165) is 41.2 Å². The van der Waals surface area contributed by atoms with Crippen molar-refractivity contribution in [1.82, 2.24) is 0 Å². The molecule has 2 aliphatic heterocycles. The largest absolute Gasteiger partial charge is 0.543 e. The van der Waals surface area contributed by atoms with Gasteiger partial charge in [0.1, 0.15) is 5.71 Å². The Kier molecular flexibility index (Phi) is 8.91. The number of rotatable bonds is 11. The molecule has 0 unspecified atom stereocenters. The van der Waals surface area contributed by atoms with Gasteiger partial charge in [-0.25, -0.2) is 0 Å². The van der Waals surface area contributed by atoms with E-state index in [1.165, 1.54) is 49.8 Å². The lowest BCUT2D eigenvalue weighted by Crippen LogP contribution is -2.34. The van der Waals surface area contributed by atoms with E-state index in [2.05, 4.69) is 67.2 Å². The van der Waals surface area contributed by atoms with Gasteiger partial charge in [-0.05, 0) is 83.8 Å². The lowest BCUT2D eigenvalue weighted by Gasteiger charge is -2.40. The molecule has 0 spiro atoms. The van der Waals surface area contributed by atoms with Crippen molar-refractivity contribution in [1.29, 1.82) is 0 Å². The Morgan fingerprint density at radius 3 is 2.36 bits per heavy atom. The number of carbonyl (C=O) groups is 2. The summed E-state index contributed by atoms with van der Waals surface area (Å²) in [6.45, 7) is 7.62. The molecular formula is C36H40N3O3-. The van der Waals surface area contributed by atoms with Gasteiger partial charge in [-0.1, -0.05) is 89.3 Å². The van der Waals surface area contributed by atoms with Crippen LogP contribution in [0.25, 0.3) is 6.08 Å². The molecule has 6 nitrogen and oxygen atoms in total. The minimum atomic E-state index is -1.47. The van der Waals surface area contributed by atoms with Crippen molar-refractivity contribution in [3.8, 4) is 0 Å². The van der Waals surface area contributed by atoms with Gasteiger partial charge in [0.25, 0.3) is 5.91 Å². The van der Waals surface area contributed by atoms with Crippen LogP contribution in [-0.4, -0.2) is 24.1 Å². The number of para-hydroxylation sites is 1. The summed E-state index contributed by atoms with van der Waals surface area (Å²) in [5, 5.41) is 17.1. The third-order valence-electron chi connectivity index (χ3n) is 8.45. The van der Waals surface area contributed by atoms with Gasteiger partial charge in [-0.3, -0.25) is 4.79 Å². The Morgan fingerprint density at radius 1 is 0.929 bits per heavy atom. The van der Waals surface area contributed by atoms with Gasteiger partial charge in [0.2, 0.25) is 0 Å². The smallest absolute Gasteiger partial charge is 0.281 e. The van der Waals surface area contributed by atoms with E-state index in [9.17, 15) is 14.7 Å². The average Bonchev–Trinajstić information content (AvgIpc) is 3.32. The second kappa shape index (κ2) is 12.8. The van der Waals surface area contributed by atoms with Gasteiger partial charge in [0.05, 0.1) is 17.2 Å². The summed E-state index contributed by atoms with van der Waals surface area (Å²) in [7, 11) is 0. The highest BCUT2D eigenvalue weighted by Crippen LogP contribution is 2.43. The molecule has 0 N–H and O–H groups in total. The normalized spacial score (nSPS) is 17.0. The minimum Gasteiger partial charge on any atom is -0.543 e. The van der Waals surface area contributed by atoms with Crippen LogP contribution < -0.4 is 15.0 Å². The standard InChI is InChI=1S/C36H41N3O3/c1-4-5-6-7-8-10-13-26-16-19-28(20-17-26)38-23-22-36(2,3)31-25-27(18-21-32(31)38)24-30-33(35(41)42)37-39(34(30)40)29-14-11-9-12-15-29/h9,11-12,14-21,24-25H,4-8,10,13,22-23H2,1-3H3,(H,41,42)/p-1/b30-24-. The summed E-state index contributed by atoms with van der Waals surface area (Å²) in [4.78, 5) is 27.6. The molecule has 0 aliphatic carbocycles. The van der Waals surface area contributed by atoms with Crippen LogP contribution in [0.5, 0.6) is 0 Å². The first-order chi connectivity index (χ1) is 20.3. The first-order valence-corrected chi connectivity index (χ1v) is 15.2. The number of benzene rings is 3. The van der Waals surface area contributed by atoms with Crippen LogP contribution in [0, 0.1) is 0 Å². The molecule has 0 saturated carbocycles. The number of amides is 1. The van der Waals surface area contributed by atoms with E-state index in [0.29, 0.717) is 5.69 Å². The first-order valence-electron chi connectivity index (χ1n) is 15.2. The van der Waals surface area contributed by atoms with E-state index < -0.39 is 11.9 Å². The molecular weight excluding hydrogens is 522 g/mol. The molecule has 3 aromatic rings. The fraction of sp³-hybridized carbons (Fsp3) is 0.361. The van der Waals surface area contributed by atoms with Crippen LogP contribution in [0.1, 0.15) is 82.4 Å². The third kappa shape index (κ3) is 6.33. The molecule has 2 heterocycles. The van der Waals surface area contributed by atoms with Crippen molar-refractivity contribution in [2.24, 2.45) is 5.10 Å². The maximum atomic E-state index is 13.3. The average molecular weight is 563 g/mol. The van der Waals surface area contributed by atoms with Crippen molar-refractivity contribution >= 4 is 40.7 Å². The van der Waals surface area contributed by atoms with E-state index in [-0.39, 0.29) is 16.7 Å². The van der Waals surface area contributed by atoms with Crippen LogP contribution in [0.15, 0.2) is 83.5 Å². The van der Waals surface area contributed by atoms with Crippen molar-refractivity contribution in [2.45, 2.75) is 77.6 Å². The number of carboxylic acid groups (broad SMARTS) is 1. The summed E-state index contributed by atoms with van der Waals surface area (Å²) in [5.74, 6) is -1.96. The second-order valence-corrected chi connectivity index (χ2v) is 12.0. The topological polar surface area (TPSA) is 76.0 Å². The number of aliphatic carboxylic acids is 1. The molecule has 6 heteroatoms. The predicted octanol–water partition coefficient (Wildman–Crippen LogP) is 6.95. The van der Waals surface area contributed by atoms with Gasteiger partial charge < -0.3 is 14.8 Å². The monoisotopic (exact) mass is 562 g/mol. The fourth-order valence-corrected chi connectivity index (χ4v) is 5.89. The van der Waals surface area contributed by atoms with Gasteiger partial charge in [-0.2, -0.15) is 10.1 Å². The quantitative estimate of drug-likeness (QED) is 0.187. The predicted molar refractivity (Wildman–Crippen MR) is 169 cm³/mol. The SMILES string of the molecule is CCCCCCCCc1ccc(N2CCC(C)(C)c3cc(/C=C4\C(=O)N(c5ccccc5)N=C4C(=O)[O-])ccc32)cc1. The Balaban J connectivity index is 1.37. The maximum absolute atomic E-state index is 13.3. The number of aryl methyl sites for hydroxylation is 1. The first kappa shape index (κ1) is 29.3. The van der Waals surface area contributed by atoms with Crippen molar-refractivity contribution in [3.05, 3.63) is 95.1 Å². The highest BCUT2D eigenvalue weighted by molar-refractivity contribution is 6.53. The number of hydrogen-bond donors (Lipinski definition) is 0. The minimum absolute atomic E-state index is 0.0187. The summed E-state index contributed by atoms with van der Waals surface area (Å²) >= 11 is 0. The van der Waals surface area contributed by atoms with Crippen molar-refractivity contribution in [3.63, 3.8) is 0 Å². The van der Waals surface area contributed by atoms with Crippen molar-refractivity contribution in [2.75, 3.05) is 16.5 Å². The van der Waals surface area contributed by atoms with E-state index in [1.807, 2.05) is 12.1 Å². The van der Waals surface area contributed by atoms with E-state index >= 15 is 0 Å². The number of carboxylic acids is 1. The highest BCUT2D eigenvalue weighted by atomic mass is 16.4. The summed E-state index contributed by atoms with van der Waals surface area (Å²) in [6.07, 6.45) is 11.5. The van der Waals surface area contributed by atoms with Crippen LogP contribution in [0.2, 0.25) is 0 Å². The molecule has 5 rings (SSSR count). The van der Waals surface area contributed by atoms with Crippen LogP contribution >= 0.6 is 0 Å². The van der Waals surface area contributed by atoms with Gasteiger partial charge >= 0.3 is 0 Å². The Morgan fingerprint density at radius 2 is 1.64 bits per heavy atom. The van der Waals surface area contributed by atoms with E-state index in [1.54, 1.807) is 30.3 Å². The molecule has 0 fully saturated rings. The van der Waals surface area contributed by atoms with Gasteiger partial charge in [0, 0.05) is 17.9 Å². The fourth-order valence-electron chi connectivity index (χ4n) is 5.89. The number of hydrogen-bond acceptors (Lipinski definition) is 5.